The second kappa shape index (κ2) is 3.71. The number of nitrogens with zero attached hydrogens (tertiary/aromatic N) is 2. The number of pyridine rings is 1. The topological polar surface area (TPSA) is 16.1 Å². The Hall–Kier alpha value is -1.49. The lowest BCUT2D eigenvalue weighted by atomic mass is 10.2. The van der Waals surface area contributed by atoms with Crippen LogP contribution in [0.2, 0.25) is 0 Å². The van der Waals surface area contributed by atoms with Gasteiger partial charge >= 0.3 is 0 Å². The summed E-state index contributed by atoms with van der Waals surface area (Å²) in [4.78, 5) is 6.66. The lowest BCUT2D eigenvalue weighted by molar-refractivity contribution is 0.659. The van der Waals surface area contributed by atoms with Crippen LogP contribution in [0.25, 0.3) is 0 Å². The van der Waals surface area contributed by atoms with Crippen molar-refractivity contribution < 1.29 is 0 Å². The zero-order valence-corrected chi connectivity index (χ0v) is 8.40. The van der Waals surface area contributed by atoms with Crippen LogP contribution in [-0.4, -0.2) is 18.1 Å². The molecule has 0 bridgehead atoms. The number of anilines is 1. The lowest BCUT2D eigenvalue weighted by Crippen LogP contribution is -2.20. The third-order valence-electron chi connectivity index (χ3n) is 2.66. The molecule has 2 nitrogen and oxygen atoms in total. The van der Waals surface area contributed by atoms with E-state index >= 15 is 0 Å². The Bertz CT molecular complexity index is 348. The van der Waals surface area contributed by atoms with E-state index < -0.39 is 0 Å². The average Bonchev–Trinajstić information content (AvgIpc) is 2.65. The Labute approximate surface area is 85.0 Å². The van der Waals surface area contributed by atoms with Gasteiger partial charge in [-0.25, -0.2) is 4.98 Å². The van der Waals surface area contributed by atoms with Crippen LogP contribution in [0.1, 0.15) is 18.9 Å². The van der Waals surface area contributed by atoms with Gasteiger partial charge in [-0.1, -0.05) is 12.8 Å². The Balaban J connectivity index is 2.14. The van der Waals surface area contributed by atoms with Crippen LogP contribution < -0.4 is 4.90 Å². The Morgan fingerprint density at radius 1 is 1.57 bits per heavy atom. The van der Waals surface area contributed by atoms with Gasteiger partial charge in [0, 0.05) is 24.8 Å². The van der Waals surface area contributed by atoms with E-state index in [0.717, 1.165) is 30.4 Å². The molecule has 1 aliphatic heterocycles. The number of terminal acetylenes is 1. The zero-order chi connectivity index (χ0) is 9.97. The van der Waals surface area contributed by atoms with Crippen molar-refractivity contribution in [1.82, 2.24) is 4.98 Å². The number of hydrogen-bond donors (Lipinski definition) is 0. The molecule has 72 valence electrons. The molecular weight excluding hydrogens is 172 g/mol. The van der Waals surface area contributed by atoms with Gasteiger partial charge in [-0.05, 0) is 24.5 Å². The van der Waals surface area contributed by atoms with Gasteiger partial charge in [0.15, 0.2) is 0 Å². The summed E-state index contributed by atoms with van der Waals surface area (Å²) >= 11 is 0. The Morgan fingerprint density at radius 2 is 2.43 bits per heavy atom. The molecule has 0 aliphatic carbocycles. The van der Waals surface area contributed by atoms with Gasteiger partial charge < -0.3 is 4.90 Å². The second-order valence-corrected chi connectivity index (χ2v) is 3.89. The van der Waals surface area contributed by atoms with E-state index in [2.05, 4.69) is 22.7 Å². The molecule has 1 aromatic rings. The number of aromatic nitrogens is 1. The highest BCUT2D eigenvalue weighted by Crippen LogP contribution is 2.21. The first kappa shape index (κ1) is 9.08. The fourth-order valence-electron chi connectivity index (χ4n) is 1.80. The fraction of sp³-hybridized carbons (Fsp3) is 0.417. The van der Waals surface area contributed by atoms with Gasteiger partial charge in [-0.2, -0.15) is 0 Å². The van der Waals surface area contributed by atoms with Crippen LogP contribution in [0.15, 0.2) is 18.3 Å². The van der Waals surface area contributed by atoms with Crippen molar-refractivity contribution in [2.45, 2.75) is 13.3 Å². The van der Waals surface area contributed by atoms with Crippen LogP contribution in [0.4, 0.5) is 5.82 Å². The summed E-state index contributed by atoms with van der Waals surface area (Å²) in [7, 11) is 0. The first-order chi connectivity index (χ1) is 6.79. The normalized spacial score (nSPS) is 20.9. The summed E-state index contributed by atoms with van der Waals surface area (Å²) in [5, 5.41) is 0. The molecule has 1 aliphatic rings. The predicted molar refractivity (Wildman–Crippen MR) is 58.2 cm³/mol. The summed E-state index contributed by atoms with van der Waals surface area (Å²) in [6.45, 7) is 4.50. The molecule has 0 amide bonds. The molecule has 0 N–H and O–H groups in total. The second-order valence-electron chi connectivity index (χ2n) is 3.89. The molecule has 0 saturated carbocycles. The molecule has 0 radical (unpaired) electrons. The molecule has 1 saturated heterocycles. The van der Waals surface area contributed by atoms with Crippen molar-refractivity contribution in [1.29, 1.82) is 0 Å². The van der Waals surface area contributed by atoms with Crippen LogP contribution in [0.5, 0.6) is 0 Å². The average molecular weight is 186 g/mol. The molecule has 2 rings (SSSR count). The summed E-state index contributed by atoms with van der Waals surface area (Å²) in [5.41, 5.74) is 0.848. The van der Waals surface area contributed by atoms with Crippen LogP contribution in [0, 0.1) is 18.3 Å². The van der Waals surface area contributed by atoms with E-state index in [1.807, 2.05) is 12.1 Å². The molecule has 0 aromatic carbocycles. The SMILES string of the molecule is C#Cc1ccc(N2CCC(C)C2)nc1. The highest BCUT2D eigenvalue weighted by Gasteiger charge is 2.19. The highest BCUT2D eigenvalue weighted by atomic mass is 15.2. The van der Waals surface area contributed by atoms with Crippen molar-refractivity contribution in [2.24, 2.45) is 5.92 Å². The minimum atomic E-state index is 0.782. The summed E-state index contributed by atoms with van der Waals surface area (Å²) in [6.07, 6.45) is 8.30. The summed E-state index contributed by atoms with van der Waals surface area (Å²) in [6, 6.07) is 3.96. The van der Waals surface area contributed by atoms with E-state index in [1.54, 1.807) is 6.20 Å². The van der Waals surface area contributed by atoms with Gasteiger partial charge in [-0.3, -0.25) is 0 Å². The highest BCUT2D eigenvalue weighted by molar-refractivity contribution is 5.43. The van der Waals surface area contributed by atoms with Crippen molar-refractivity contribution in [3.63, 3.8) is 0 Å². The first-order valence-corrected chi connectivity index (χ1v) is 4.97. The van der Waals surface area contributed by atoms with Crippen molar-refractivity contribution in [3.8, 4) is 12.3 Å². The van der Waals surface area contributed by atoms with Crippen LogP contribution in [0.3, 0.4) is 0 Å². The van der Waals surface area contributed by atoms with E-state index in [0.29, 0.717) is 0 Å². The maximum Gasteiger partial charge on any atom is 0.128 e. The minimum absolute atomic E-state index is 0.782. The van der Waals surface area contributed by atoms with Crippen LogP contribution in [-0.2, 0) is 0 Å². The molecule has 1 atom stereocenters. The zero-order valence-electron chi connectivity index (χ0n) is 8.40. The quantitative estimate of drug-likeness (QED) is 0.623. The molecule has 2 heteroatoms. The van der Waals surface area contributed by atoms with Gasteiger partial charge in [0.25, 0.3) is 0 Å². The Morgan fingerprint density at radius 3 is 2.93 bits per heavy atom. The summed E-state index contributed by atoms with van der Waals surface area (Å²) < 4.78 is 0. The van der Waals surface area contributed by atoms with Gasteiger partial charge in [0.1, 0.15) is 5.82 Å². The maximum atomic E-state index is 5.27. The molecule has 1 fully saturated rings. The molecule has 0 spiro atoms. The monoisotopic (exact) mass is 186 g/mol. The van der Waals surface area contributed by atoms with Crippen molar-refractivity contribution in [2.75, 3.05) is 18.0 Å². The maximum absolute atomic E-state index is 5.27. The van der Waals surface area contributed by atoms with E-state index in [1.165, 1.54) is 6.42 Å². The molecule has 14 heavy (non-hydrogen) atoms. The largest absolute Gasteiger partial charge is 0.356 e. The standard InChI is InChI=1S/C12H14N2/c1-3-11-4-5-12(13-8-11)14-7-6-10(2)9-14/h1,4-5,8,10H,6-7,9H2,2H3. The van der Waals surface area contributed by atoms with Gasteiger partial charge in [0.2, 0.25) is 0 Å². The third-order valence-corrected chi connectivity index (χ3v) is 2.66. The fourth-order valence-corrected chi connectivity index (χ4v) is 1.80. The van der Waals surface area contributed by atoms with Crippen LogP contribution >= 0.6 is 0 Å². The summed E-state index contributed by atoms with van der Waals surface area (Å²) in [5.74, 6) is 4.40. The Kier molecular flexibility index (Phi) is 2.41. The van der Waals surface area contributed by atoms with Crippen molar-refractivity contribution >= 4 is 5.82 Å². The van der Waals surface area contributed by atoms with E-state index in [4.69, 9.17) is 6.42 Å². The minimum Gasteiger partial charge on any atom is -0.356 e. The first-order valence-electron chi connectivity index (χ1n) is 4.97. The van der Waals surface area contributed by atoms with Gasteiger partial charge in [-0.15, -0.1) is 6.42 Å². The predicted octanol–water partition coefficient (Wildman–Crippen LogP) is 1.91. The number of hydrogen-bond acceptors (Lipinski definition) is 2. The van der Waals surface area contributed by atoms with Gasteiger partial charge in [0.05, 0.1) is 0 Å². The molecule has 2 heterocycles. The molecular formula is C12H14N2. The molecule has 1 unspecified atom stereocenters. The lowest BCUT2D eigenvalue weighted by Gasteiger charge is -2.16. The van der Waals surface area contributed by atoms with E-state index in [-0.39, 0.29) is 0 Å². The van der Waals surface area contributed by atoms with Crippen molar-refractivity contribution in [3.05, 3.63) is 23.9 Å². The number of rotatable bonds is 1. The molecule has 1 aromatic heterocycles. The van der Waals surface area contributed by atoms with E-state index in [9.17, 15) is 0 Å². The smallest absolute Gasteiger partial charge is 0.128 e. The third kappa shape index (κ3) is 1.72.